The van der Waals surface area contributed by atoms with Gasteiger partial charge in [0.25, 0.3) is 5.82 Å². The van der Waals surface area contributed by atoms with E-state index in [-0.39, 0.29) is 0 Å². The van der Waals surface area contributed by atoms with E-state index in [1.165, 1.54) is 17.4 Å². The van der Waals surface area contributed by atoms with Crippen LogP contribution in [0, 0.1) is 41.5 Å². The number of hydrogen-bond acceptors (Lipinski definition) is 2. The van der Waals surface area contributed by atoms with E-state index in [4.69, 9.17) is 4.74 Å². The van der Waals surface area contributed by atoms with Gasteiger partial charge in [-0.05, 0) is 82.2 Å². The first kappa shape index (κ1) is 23.8. The molecule has 0 radical (unpaired) electrons. The first-order valence-electron chi connectivity index (χ1n) is 11.8. The molecule has 176 valence electrons. The van der Waals surface area contributed by atoms with Crippen LogP contribution < -0.4 is 9.67 Å². The van der Waals surface area contributed by atoms with Crippen LogP contribution in [-0.4, -0.2) is 4.57 Å². The van der Waals surface area contributed by atoms with E-state index in [1.807, 2.05) is 33.7 Å². The molecule has 4 nitrogen and oxygen atoms in total. The maximum absolute atomic E-state index is 14.8. The van der Waals surface area contributed by atoms with E-state index in [9.17, 15) is 5.11 Å². The van der Waals surface area contributed by atoms with Crippen LogP contribution in [0.25, 0.3) is 11.4 Å². The van der Waals surface area contributed by atoms with Crippen molar-refractivity contribution in [1.82, 2.24) is 4.57 Å². The quantitative estimate of drug-likeness (QED) is 0.278. The summed E-state index contributed by atoms with van der Waals surface area (Å²) in [6.45, 7) is 16.3. The largest absolute Gasteiger partial charge is 0.806 e. The molecule has 3 aromatic rings. The average molecular weight is 455 g/mol. The molecular formula is C30H34N2O2. The Morgan fingerprint density at radius 1 is 0.971 bits per heavy atom. The highest BCUT2D eigenvalue weighted by Crippen LogP contribution is 2.35. The molecule has 0 saturated carbocycles. The molecule has 1 aliphatic rings. The van der Waals surface area contributed by atoms with Crippen molar-refractivity contribution >= 4 is 0 Å². The predicted octanol–water partition coefficient (Wildman–Crippen LogP) is 5.55. The van der Waals surface area contributed by atoms with Gasteiger partial charge in [-0.15, -0.1) is 0 Å². The Morgan fingerprint density at radius 2 is 1.56 bits per heavy atom. The van der Waals surface area contributed by atoms with Gasteiger partial charge in [-0.25, -0.2) is 0 Å². The lowest BCUT2D eigenvalue weighted by Crippen LogP contribution is -2.54. The second kappa shape index (κ2) is 9.11. The highest BCUT2D eigenvalue weighted by atomic mass is 16.6. The number of imidazole rings is 1. The number of aryl methyl sites for hydroxylation is 6. The molecule has 0 aliphatic heterocycles. The molecule has 4 rings (SSSR count). The molecule has 1 aliphatic carbocycles. The highest BCUT2D eigenvalue weighted by Gasteiger charge is 2.40. The van der Waals surface area contributed by atoms with E-state index in [1.54, 1.807) is 0 Å². The normalized spacial score (nSPS) is 15.1. The molecule has 1 unspecified atom stereocenters. The highest BCUT2D eigenvalue weighted by molar-refractivity contribution is 5.51. The fourth-order valence-electron chi connectivity index (χ4n) is 5.44. The van der Waals surface area contributed by atoms with Gasteiger partial charge in [0.15, 0.2) is 5.79 Å². The smallest absolute Gasteiger partial charge is 0.299 e. The summed E-state index contributed by atoms with van der Waals surface area (Å²) < 4.78 is 9.93. The standard InChI is InChI=1S/C30H34N2O2/c1-8-34-30(33,26-12-10-9-11-13-26)29-31(27-22(4)16-20(2)17-23(27)5)14-15-32(29)28-24(6)18-21(3)19-25(28)7/h8-10,12,14-19H,1,11,13H2,2-7H3. The lowest BCUT2D eigenvalue weighted by molar-refractivity contribution is -0.659. The van der Waals surface area contributed by atoms with Crippen LogP contribution in [-0.2, 0) is 10.5 Å². The first-order valence-corrected chi connectivity index (χ1v) is 11.8. The summed E-state index contributed by atoms with van der Waals surface area (Å²) >= 11 is 0. The zero-order chi connectivity index (χ0) is 24.6. The third-order valence-electron chi connectivity index (χ3n) is 6.55. The molecule has 0 spiro atoms. The van der Waals surface area contributed by atoms with E-state index in [2.05, 4.69) is 78.5 Å². The SMILES string of the molecule is C=COC([O-])(C1=CC=CCC1)c1n(-c2c(C)cc(C)cc2C)cc[n+]1-c1c(C)cc(C)cc1C. The van der Waals surface area contributed by atoms with E-state index in [0.717, 1.165) is 40.0 Å². The van der Waals surface area contributed by atoms with Crippen LogP contribution in [0.3, 0.4) is 0 Å². The number of hydrogen-bond donors (Lipinski definition) is 0. The molecule has 4 heteroatoms. The van der Waals surface area contributed by atoms with Crippen molar-refractivity contribution in [2.75, 3.05) is 0 Å². The van der Waals surface area contributed by atoms with Crippen molar-refractivity contribution in [2.45, 2.75) is 60.2 Å². The molecule has 0 saturated heterocycles. The fourth-order valence-corrected chi connectivity index (χ4v) is 5.44. The molecule has 1 atom stereocenters. The van der Waals surface area contributed by atoms with Gasteiger partial charge in [-0.1, -0.05) is 60.2 Å². The summed E-state index contributed by atoms with van der Waals surface area (Å²) in [5, 5.41) is 14.8. The summed E-state index contributed by atoms with van der Waals surface area (Å²) in [5.41, 5.74) is 9.52. The van der Waals surface area contributed by atoms with Crippen LogP contribution in [0.15, 0.2) is 73.3 Å². The number of benzene rings is 2. The summed E-state index contributed by atoms with van der Waals surface area (Å²) in [5.74, 6) is -1.43. The molecule has 0 N–H and O–H groups in total. The zero-order valence-electron chi connectivity index (χ0n) is 21.1. The Labute approximate surface area is 203 Å². The molecule has 0 bridgehead atoms. The third-order valence-corrected chi connectivity index (χ3v) is 6.55. The maximum Gasteiger partial charge on any atom is 0.299 e. The van der Waals surface area contributed by atoms with Gasteiger partial charge in [0.2, 0.25) is 0 Å². The summed E-state index contributed by atoms with van der Waals surface area (Å²) in [7, 11) is 0. The van der Waals surface area contributed by atoms with Gasteiger partial charge in [-0.2, -0.15) is 9.13 Å². The average Bonchev–Trinajstić information content (AvgIpc) is 3.17. The molecule has 0 fully saturated rings. The topological polar surface area (TPSA) is 41.1 Å². The number of aromatic nitrogens is 2. The number of nitrogens with zero attached hydrogens (tertiary/aromatic N) is 2. The zero-order valence-corrected chi connectivity index (χ0v) is 21.1. The van der Waals surface area contributed by atoms with Crippen molar-refractivity contribution in [3.05, 3.63) is 113 Å². The third kappa shape index (κ3) is 4.03. The van der Waals surface area contributed by atoms with Gasteiger partial charge in [0.1, 0.15) is 23.8 Å². The van der Waals surface area contributed by atoms with Gasteiger partial charge in [0.05, 0.1) is 6.26 Å². The Balaban J connectivity index is 2.12. The van der Waals surface area contributed by atoms with Crippen molar-refractivity contribution in [3.63, 3.8) is 0 Å². The Morgan fingerprint density at radius 3 is 2.09 bits per heavy atom. The second-order valence-electron chi connectivity index (χ2n) is 9.42. The summed E-state index contributed by atoms with van der Waals surface area (Å²) in [4.78, 5) is 0. The minimum absolute atomic E-state index is 0.513. The maximum atomic E-state index is 14.8. The van der Waals surface area contributed by atoms with Gasteiger partial charge < -0.3 is 9.84 Å². The lowest BCUT2D eigenvalue weighted by Gasteiger charge is -2.39. The van der Waals surface area contributed by atoms with Crippen molar-refractivity contribution < 1.29 is 14.4 Å². The van der Waals surface area contributed by atoms with E-state index in [0.29, 0.717) is 17.8 Å². The lowest BCUT2D eigenvalue weighted by atomic mass is 9.95. The number of allylic oxidation sites excluding steroid dienone is 3. The minimum Gasteiger partial charge on any atom is -0.806 e. The van der Waals surface area contributed by atoms with Gasteiger partial charge in [-0.3, -0.25) is 0 Å². The van der Waals surface area contributed by atoms with Gasteiger partial charge >= 0.3 is 0 Å². The molecule has 2 aromatic carbocycles. The summed E-state index contributed by atoms with van der Waals surface area (Å²) in [6, 6.07) is 8.62. The molecular weight excluding hydrogens is 420 g/mol. The van der Waals surface area contributed by atoms with Gasteiger partial charge in [0, 0.05) is 0 Å². The van der Waals surface area contributed by atoms with Crippen LogP contribution >= 0.6 is 0 Å². The Hall–Kier alpha value is -3.37. The van der Waals surface area contributed by atoms with Crippen molar-refractivity contribution in [2.24, 2.45) is 0 Å². The van der Waals surface area contributed by atoms with Crippen molar-refractivity contribution in [1.29, 1.82) is 0 Å². The number of ether oxygens (including phenoxy) is 1. The second-order valence-corrected chi connectivity index (χ2v) is 9.42. The molecule has 1 heterocycles. The Bertz CT molecular complexity index is 1200. The monoisotopic (exact) mass is 454 g/mol. The minimum atomic E-state index is -1.94. The fraction of sp³-hybridized carbons (Fsp3) is 0.300. The van der Waals surface area contributed by atoms with E-state index >= 15 is 0 Å². The van der Waals surface area contributed by atoms with E-state index < -0.39 is 5.79 Å². The predicted molar refractivity (Wildman–Crippen MR) is 135 cm³/mol. The molecule has 34 heavy (non-hydrogen) atoms. The Kier molecular flexibility index (Phi) is 6.37. The van der Waals surface area contributed by atoms with Crippen molar-refractivity contribution in [3.8, 4) is 11.4 Å². The van der Waals surface area contributed by atoms with Crippen LogP contribution in [0.5, 0.6) is 0 Å². The molecule has 0 amide bonds. The van der Waals surface area contributed by atoms with Crippen LogP contribution in [0.2, 0.25) is 0 Å². The summed E-state index contributed by atoms with van der Waals surface area (Å²) in [6.07, 6.45) is 12.6. The first-order chi connectivity index (χ1) is 16.2. The number of rotatable bonds is 6. The van der Waals surface area contributed by atoms with Crippen LogP contribution in [0.1, 0.15) is 52.0 Å². The van der Waals surface area contributed by atoms with Crippen LogP contribution in [0.4, 0.5) is 0 Å². The molecule has 1 aromatic heterocycles.